The average Bonchev–Trinajstić information content (AvgIpc) is 2.42. The first-order valence-corrected chi connectivity index (χ1v) is 6.63. The van der Waals surface area contributed by atoms with Gasteiger partial charge in [-0.05, 0) is 45.0 Å². The van der Waals surface area contributed by atoms with Crippen LogP contribution in [-0.4, -0.2) is 23.1 Å². The molecule has 2 rings (SSSR count). The highest BCUT2D eigenvalue weighted by molar-refractivity contribution is 5.60. The van der Waals surface area contributed by atoms with Gasteiger partial charge in [-0.15, -0.1) is 0 Å². The molecule has 0 bridgehead atoms. The lowest BCUT2D eigenvalue weighted by Crippen LogP contribution is -2.21. The molecule has 100 valence electrons. The summed E-state index contributed by atoms with van der Waals surface area (Å²) in [6.07, 6.45) is 1.57. The molecule has 0 aliphatic rings. The van der Waals surface area contributed by atoms with Gasteiger partial charge in [-0.1, -0.05) is 0 Å². The van der Waals surface area contributed by atoms with E-state index in [1.165, 1.54) is 5.69 Å². The number of aryl methyl sites for hydroxylation is 1. The van der Waals surface area contributed by atoms with E-state index < -0.39 is 0 Å². The van der Waals surface area contributed by atoms with E-state index in [9.17, 15) is 0 Å². The van der Waals surface area contributed by atoms with Crippen molar-refractivity contribution in [2.24, 2.45) is 0 Å². The summed E-state index contributed by atoms with van der Waals surface area (Å²) in [5.41, 5.74) is 3.24. The summed E-state index contributed by atoms with van der Waals surface area (Å²) in [7, 11) is 0. The third-order valence-electron chi connectivity index (χ3n) is 3.07. The second-order valence-electron chi connectivity index (χ2n) is 4.39. The molecular formula is C15H20N4. The maximum absolute atomic E-state index is 4.19. The first-order valence-electron chi connectivity index (χ1n) is 6.63. The molecule has 1 heterocycles. The summed E-state index contributed by atoms with van der Waals surface area (Å²) in [5.74, 6) is 0.822. The van der Waals surface area contributed by atoms with Crippen LogP contribution in [-0.2, 0) is 0 Å². The molecule has 0 unspecified atom stereocenters. The normalized spacial score (nSPS) is 10.3. The van der Waals surface area contributed by atoms with Crippen LogP contribution in [0.1, 0.15) is 19.5 Å². The first kappa shape index (κ1) is 13.3. The fraction of sp³-hybridized carbons (Fsp3) is 0.333. The molecule has 2 aromatic rings. The maximum Gasteiger partial charge on any atom is 0.133 e. The topological polar surface area (TPSA) is 41.0 Å². The lowest BCUT2D eigenvalue weighted by atomic mass is 10.2. The highest BCUT2D eigenvalue weighted by Crippen LogP contribution is 2.20. The Balaban J connectivity index is 2.10. The average molecular weight is 256 g/mol. The van der Waals surface area contributed by atoms with Gasteiger partial charge >= 0.3 is 0 Å². The third-order valence-corrected chi connectivity index (χ3v) is 3.07. The van der Waals surface area contributed by atoms with Gasteiger partial charge in [-0.3, -0.25) is 0 Å². The number of hydrogen-bond donors (Lipinski definition) is 1. The minimum atomic E-state index is 0.822. The van der Waals surface area contributed by atoms with E-state index in [2.05, 4.69) is 58.3 Å². The van der Waals surface area contributed by atoms with Crippen LogP contribution in [0.15, 0.2) is 36.7 Å². The van der Waals surface area contributed by atoms with Crippen LogP contribution in [0.2, 0.25) is 0 Å². The second kappa shape index (κ2) is 6.18. The molecule has 0 spiro atoms. The van der Waals surface area contributed by atoms with Crippen molar-refractivity contribution in [1.29, 1.82) is 0 Å². The van der Waals surface area contributed by atoms with Crippen molar-refractivity contribution < 1.29 is 0 Å². The van der Waals surface area contributed by atoms with Crippen LogP contribution in [0.4, 0.5) is 17.2 Å². The molecule has 1 N–H and O–H groups in total. The molecule has 0 amide bonds. The van der Waals surface area contributed by atoms with E-state index in [1.54, 1.807) is 6.33 Å². The van der Waals surface area contributed by atoms with E-state index in [0.717, 1.165) is 30.3 Å². The van der Waals surface area contributed by atoms with Gasteiger partial charge in [0.15, 0.2) is 0 Å². The molecule has 0 atom stereocenters. The molecule has 4 heteroatoms. The number of rotatable bonds is 5. The lowest BCUT2D eigenvalue weighted by Gasteiger charge is -2.21. The smallest absolute Gasteiger partial charge is 0.133 e. The minimum Gasteiger partial charge on any atom is -0.372 e. The summed E-state index contributed by atoms with van der Waals surface area (Å²) < 4.78 is 0. The van der Waals surface area contributed by atoms with Crippen molar-refractivity contribution in [1.82, 2.24) is 9.97 Å². The quantitative estimate of drug-likeness (QED) is 0.890. The summed E-state index contributed by atoms with van der Waals surface area (Å²) in [4.78, 5) is 10.6. The number of benzene rings is 1. The molecule has 1 aromatic carbocycles. The Bertz CT molecular complexity index is 518. The van der Waals surface area contributed by atoms with Crippen LogP contribution < -0.4 is 10.2 Å². The van der Waals surface area contributed by atoms with Crippen LogP contribution in [0.25, 0.3) is 0 Å². The molecule has 0 radical (unpaired) electrons. The molecule has 0 fully saturated rings. The van der Waals surface area contributed by atoms with E-state index in [1.807, 2.05) is 13.0 Å². The van der Waals surface area contributed by atoms with Crippen molar-refractivity contribution >= 4 is 17.2 Å². The Labute approximate surface area is 114 Å². The van der Waals surface area contributed by atoms with Crippen LogP contribution >= 0.6 is 0 Å². The van der Waals surface area contributed by atoms with E-state index in [-0.39, 0.29) is 0 Å². The molecule has 4 nitrogen and oxygen atoms in total. The number of aromatic nitrogens is 2. The fourth-order valence-corrected chi connectivity index (χ4v) is 2.02. The Morgan fingerprint density at radius 2 is 1.74 bits per heavy atom. The number of anilines is 3. The number of nitrogens with one attached hydrogen (secondary N) is 1. The van der Waals surface area contributed by atoms with Crippen LogP contribution in [0.5, 0.6) is 0 Å². The fourth-order valence-electron chi connectivity index (χ4n) is 2.02. The van der Waals surface area contributed by atoms with Crippen LogP contribution in [0.3, 0.4) is 0 Å². The largest absolute Gasteiger partial charge is 0.372 e. The second-order valence-corrected chi connectivity index (χ2v) is 4.39. The van der Waals surface area contributed by atoms with Gasteiger partial charge in [0.1, 0.15) is 12.1 Å². The third kappa shape index (κ3) is 3.44. The number of nitrogens with zero attached hydrogens (tertiary/aromatic N) is 3. The monoisotopic (exact) mass is 256 g/mol. The van der Waals surface area contributed by atoms with Crippen molar-refractivity contribution in [2.75, 3.05) is 23.3 Å². The van der Waals surface area contributed by atoms with Gasteiger partial charge in [0, 0.05) is 36.2 Å². The lowest BCUT2D eigenvalue weighted by molar-refractivity contribution is 0.866. The van der Waals surface area contributed by atoms with Gasteiger partial charge < -0.3 is 10.2 Å². The predicted molar refractivity (Wildman–Crippen MR) is 80.1 cm³/mol. The molecule has 19 heavy (non-hydrogen) atoms. The molecule has 0 saturated heterocycles. The predicted octanol–water partition coefficient (Wildman–Crippen LogP) is 3.37. The summed E-state index contributed by atoms with van der Waals surface area (Å²) in [6, 6.07) is 10.3. The van der Waals surface area contributed by atoms with Crippen molar-refractivity contribution in [2.45, 2.75) is 20.8 Å². The van der Waals surface area contributed by atoms with E-state index >= 15 is 0 Å². The van der Waals surface area contributed by atoms with Crippen molar-refractivity contribution in [3.05, 3.63) is 42.4 Å². The minimum absolute atomic E-state index is 0.822. The van der Waals surface area contributed by atoms with Crippen LogP contribution in [0, 0.1) is 6.92 Å². The molecule has 0 aliphatic carbocycles. The van der Waals surface area contributed by atoms with Gasteiger partial charge in [-0.2, -0.15) is 0 Å². The first-order chi connectivity index (χ1) is 9.22. The van der Waals surface area contributed by atoms with Gasteiger partial charge in [0.25, 0.3) is 0 Å². The van der Waals surface area contributed by atoms with Gasteiger partial charge in [-0.25, -0.2) is 9.97 Å². The zero-order valence-corrected chi connectivity index (χ0v) is 11.7. The van der Waals surface area contributed by atoms with E-state index in [4.69, 9.17) is 0 Å². The van der Waals surface area contributed by atoms with Gasteiger partial charge in [0.2, 0.25) is 0 Å². The SMILES string of the molecule is CCN(CC)c1ccc(Nc2cc(C)ncn2)cc1. The summed E-state index contributed by atoms with van der Waals surface area (Å²) >= 11 is 0. The Kier molecular flexibility index (Phi) is 4.34. The highest BCUT2D eigenvalue weighted by Gasteiger charge is 2.02. The summed E-state index contributed by atoms with van der Waals surface area (Å²) in [6.45, 7) is 8.33. The van der Waals surface area contributed by atoms with Gasteiger partial charge in [0.05, 0.1) is 0 Å². The Hall–Kier alpha value is -2.10. The maximum atomic E-state index is 4.19. The molecule has 1 aromatic heterocycles. The Morgan fingerprint density at radius 3 is 2.32 bits per heavy atom. The van der Waals surface area contributed by atoms with Crippen molar-refractivity contribution in [3.8, 4) is 0 Å². The Morgan fingerprint density at radius 1 is 1.05 bits per heavy atom. The van der Waals surface area contributed by atoms with Crippen molar-refractivity contribution in [3.63, 3.8) is 0 Å². The zero-order valence-electron chi connectivity index (χ0n) is 11.7. The van der Waals surface area contributed by atoms with E-state index in [0.29, 0.717) is 0 Å². The standard InChI is InChI=1S/C15H20N4/c1-4-19(5-2)14-8-6-13(7-9-14)18-15-10-12(3)16-11-17-15/h6-11H,4-5H2,1-3H3,(H,16,17,18). The molecular weight excluding hydrogens is 236 g/mol. The highest BCUT2D eigenvalue weighted by atomic mass is 15.1. The molecule has 0 aliphatic heterocycles. The number of hydrogen-bond acceptors (Lipinski definition) is 4. The summed E-state index contributed by atoms with van der Waals surface area (Å²) in [5, 5.41) is 3.28. The molecule has 0 saturated carbocycles. The zero-order chi connectivity index (χ0) is 13.7.